The summed E-state index contributed by atoms with van der Waals surface area (Å²) in [5, 5.41) is 7.00. The molecule has 4 rings (SSSR count). The van der Waals surface area contributed by atoms with Gasteiger partial charge in [-0.25, -0.2) is 0 Å². The SMILES string of the molecule is CCNC(=NCC1(C2CC2)CC1)NC1CCN(C(=O)C2CCCC2)C1. The number of hydrogen-bond donors (Lipinski definition) is 2. The predicted octanol–water partition coefficient (Wildman–Crippen LogP) is 2.52. The number of hydrogen-bond acceptors (Lipinski definition) is 2. The quantitative estimate of drug-likeness (QED) is 0.574. The molecule has 1 amide bonds. The standard InChI is InChI=1S/C20H34N4O/c1-2-21-19(22-14-20(10-11-20)16-7-8-16)23-17-9-12-24(13-17)18(25)15-5-3-4-6-15/h15-17H,2-14H2,1H3,(H2,21,22,23). The second-order valence-electron chi connectivity index (χ2n) is 8.73. The number of carbonyl (C=O) groups excluding carboxylic acids is 1. The molecule has 1 atom stereocenters. The second-order valence-corrected chi connectivity index (χ2v) is 8.73. The van der Waals surface area contributed by atoms with E-state index in [9.17, 15) is 4.79 Å². The molecule has 0 spiro atoms. The molecule has 1 unspecified atom stereocenters. The van der Waals surface area contributed by atoms with E-state index in [0.29, 0.717) is 23.3 Å². The summed E-state index contributed by atoms with van der Waals surface area (Å²) in [5.41, 5.74) is 0.544. The largest absolute Gasteiger partial charge is 0.357 e. The molecule has 4 aliphatic rings. The van der Waals surface area contributed by atoms with Crippen LogP contribution in [0.4, 0.5) is 0 Å². The first kappa shape index (κ1) is 17.2. The summed E-state index contributed by atoms with van der Waals surface area (Å²) in [6, 6.07) is 0.347. The molecular formula is C20H34N4O. The van der Waals surface area contributed by atoms with Crippen molar-refractivity contribution in [2.45, 2.75) is 70.8 Å². The summed E-state index contributed by atoms with van der Waals surface area (Å²) in [5.74, 6) is 2.60. The van der Waals surface area contributed by atoms with Gasteiger partial charge in [0, 0.05) is 38.1 Å². The highest BCUT2D eigenvalue weighted by molar-refractivity contribution is 5.81. The van der Waals surface area contributed by atoms with Crippen LogP contribution < -0.4 is 10.6 Å². The number of carbonyl (C=O) groups is 1. The van der Waals surface area contributed by atoms with E-state index in [2.05, 4.69) is 22.5 Å². The Kier molecular flexibility index (Phi) is 4.92. The zero-order chi connectivity index (χ0) is 17.3. The minimum Gasteiger partial charge on any atom is -0.357 e. The molecule has 0 aromatic heterocycles. The first-order chi connectivity index (χ1) is 12.2. The number of likely N-dealkylation sites (tertiary alicyclic amines) is 1. The topological polar surface area (TPSA) is 56.7 Å². The van der Waals surface area contributed by atoms with E-state index >= 15 is 0 Å². The van der Waals surface area contributed by atoms with Gasteiger partial charge in [-0.2, -0.15) is 0 Å². The van der Waals surface area contributed by atoms with Crippen LogP contribution in [0.25, 0.3) is 0 Å². The molecule has 1 heterocycles. The molecule has 5 nitrogen and oxygen atoms in total. The van der Waals surface area contributed by atoms with Crippen LogP contribution in [0.5, 0.6) is 0 Å². The van der Waals surface area contributed by atoms with E-state index in [-0.39, 0.29) is 0 Å². The Balaban J connectivity index is 1.29. The number of rotatable bonds is 6. The Morgan fingerprint density at radius 2 is 1.92 bits per heavy atom. The van der Waals surface area contributed by atoms with Gasteiger partial charge in [-0.15, -0.1) is 0 Å². The third-order valence-corrected chi connectivity index (χ3v) is 6.78. The van der Waals surface area contributed by atoms with Gasteiger partial charge in [0.25, 0.3) is 0 Å². The van der Waals surface area contributed by atoms with Crippen LogP contribution in [-0.4, -0.2) is 49.0 Å². The van der Waals surface area contributed by atoms with E-state index in [4.69, 9.17) is 4.99 Å². The van der Waals surface area contributed by atoms with Crippen LogP contribution in [-0.2, 0) is 4.79 Å². The minimum absolute atomic E-state index is 0.300. The fraction of sp³-hybridized carbons (Fsp3) is 0.900. The van der Waals surface area contributed by atoms with E-state index in [0.717, 1.165) is 57.3 Å². The number of guanidine groups is 1. The number of aliphatic imine (C=N–C) groups is 1. The van der Waals surface area contributed by atoms with Crippen LogP contribution in [0.1, 0.15) is 64.7 Å². The average molecular weight is 347 g/mol. The first-order valence-electron chi connectivity index (χ1n) is 10.5. The van der Waals surface area contributed by atoms with E-state index < -0.39 is 0 Å². The van der Waals surface area contributed by atoms with Crippen molar-refractivity contribution in [1.29, 1.82) is 0 Å². The van der Waals surface area contributed by atoms with Crippen molar-refractivity contribution < 1.29 is 4.79 Å². The van der Waals surface area contributed by atoms with Crippen LogP contribution in [0, 0.1) is 17.3 Å². The lowest BCUT2D eigenvalue weighted by atomic mass is 10.0. The molecule has 0 bridgehead atoms. The molecule has 1 saturated heterocycles. The van der Waals surface area contributed by atoms with E-state index in [1.165, 1.54) is 38.5 Å². The maximum Gasteiger partial charge on any atom is 0.225 e. The Labute approximate surface area is 152 Å². The molecule has 0 aromatic carbocycles. The lowest BCUT2D eigenvalue weighted by molar-refractivity contribution is -0.134. The van der Waals surface area contributed by atoms with Gasteiger partial charge < -0.3 is 15.5 Å². The number of nitrogens with zero attached hydrogens (tertiary/aromatic N) is 2. The smallest absolute Gasteiger partial charge is 0.225 e. The first-order valence-corrected chi connectivity index (χ1v) is 10.5. The summed E-state index contributed by atoms with van der Waals surface area (Å²) in [4.78, 5) is 19.6. The molecule has 0 radical (unpaired) electrons. The summed E-state index contributed by atoms with van der Waals surface area (Å²) < 4.78 is 0. The van der Waals surface area contributed by atoms with Crippen LogP contribution in [0.3, 0.4) is 0 Å². The summed E-state index contributed by atoms with van der Waals surface area (Å²) in [6.07, 6.45) is 11.3. The molecule has 2 N–H and O–H groups in total. The number of nitrogens with one attached hydrogen (secondary N) is 2. The maximum atomic E-state index is 12.6. The van der Waals surface area contributed by atoms with Crippen molar-refractivity contribution in [1.82, 2.24) is 15.5 Å². The van der Waals surface area contributed by atoms with Crippen molar-refractivity contribution in [3.05, 3.63) is 0 Å². The fourth-order valence-electron chi connectivity index (χ4n) is 4.81. The van der Waals surface area contributed by atoms with E-state index in [1.807, 2.05) is 0 Å². The molecule has 4 fully saturated rings. The Morgan fingerprint density at radius 1 is 1.16 bits per heavy atom. The highest BCUT2D eigenvalue weighted by atomic mass is 16.2. The van der Waals surface area contributed by atoms with Crippen molar-refractivity contribution >= 4 is 11.9 Å². The predicted molar refractivity (Wildman–Crippen MR) is 100 cm³/mol. The van der Waals surface area contributed by atoms with Crippen molar-refractivity contribution in [3.8, 4) is 0 Å². The third-order valence-electron chi connectivity index (χ3n) is 6.78. The van der Waals surface area contributed by atoms with Crippen molar-refractivity contribution in [2.75, 3.05) is 26.2 Å². The molecule has 3 saturated carbocycles. The minimum atomic E-state index is 0.300. The molecule has 3 aliphatic carbocycles. The lowest BCUT2D eigenvalue weighted by Crippen LogP contribution is -2.45. The number of amides is 1. The van der Waals surface area contributed by atoms with Gasteiger partial charge >= 0.3 is 0 Å². The normalized spacial score (nSPS) is 29.1. The van der Waals surface area contributed by atoms with Gasteiger partial charge in [0.1, 0.15) is 0 Å². The van der Waals surface area contributed by atoms with Gasteiger partial charge in [0.2, 0.25) is 5.91 Å². The Hall–Kier alpha value is -1.26. The van der Waals surface area contributed by atoms with Crippen molar-refractivity contribution in [2.24, 2.45) is 22.2 Å². The lowest BCUT2D eigenvalue weighted by Gasteiger charge is -2.22. The maximum absolute atomic E-state index is 12.6. The molecule has 140 valence electrons. The van der Waals surface area contributed by atoms with Gasteiger partial charge in [-0.05, 0) is 63.2 Å². The van der Waals surface area contributed by atoms with Gasteiger partial charge in [-0.1, -0.05) is 12.8 Å². The highest BCUT2D eigenvalue weighted by Crippen LogP contribution is 2.61. The van der Waals surface area contributed by atoms with E-state index in [1.54, 1.807) is 0 Å². The third kappa shape index (κ3) is 3.95. The van der Waals surface area contributed by atoms with Crippen LogP contribution in [0.2, 0.25) is 0 Å². The van der Waals surface area contributed by atoms with Crippen LogP contribution in [0.15, 0.2) is 4.99 Å². The fourth-order valence-corrected chi connectivity index (χ4v) is 4.81. The molecule has 25 heavy (non-hydrogen) atoms. The van der Waals surface area contributed by atoms with Gasteiger partial charge in [-0.3, -0.25) is 9.79 Å². The zero-order valence-corrected chi connectivity index (χ0v) is 15.7. The average Bonchev–Trinajstić information content (AvgIpc) is 3.50. The second kappa shape index (κ2) is 7.16. The van der Waals surface area contributed by atoms with Crippen molar-refractivity contribution in [3.63, 3.8) is 0 Å². The summed E-state index contributed by atoms with van der Waals surface area (Å²) >= 11 is 0. The monoisotopic (exact) mass is 346 g/mol. The molecule has 5 heteroatoms. The summed E-state index contributed by atoms with van der Waals surface area (Å²) in [6.45, 7) is 5.73. The summed E-state index contributed by atoms with van der Waals surface area (Å²) in [7, 11) is 0. The van der Waals surface area contributed by atoms with Gasteiger partial charge in [0.05, 0.1) is 0 Å². The zero-order valence-electron chi connectivity index (χ0n) is 15.7. The van der Waals surface area contributed by atoms with Crippen LogP contribution >= 0.6 is 0 Å². The molecule has 1 aliphatic heterocycles. The highest BCUT2D eigenvalue weighted by Gasteiger charge is 2.53. The Morgan fingerprint density at radius 3 is 2.56 bits per heavy atom. The molecule has 0 aromatic rings. The Bertz CT molecular complexity index is 518. The van der Waals surface area contributed by atoms with Gasteiger partial charge in [0.15, 0.2) is 5.96 Å². The molecular weight excluding hydrogens is 312 g/mol.